The minimum Gasteiger partial charge on any atom is -0.491 e. The molecule has 0 aliphatic carbocycles. The molecular formula is C19H21ClN4O. The molecule has 3 rings (SSSR count). The van der Waals surface area contributed by atoms with Gasteiger partial charge >= 0.3 is 0 Å². The van der Waals surface area contributed by atoms with Gasteiger partial charge in [0.15, 0.2) is 5.15 Å². The molecule has 0 saturated carbocycles. The van der Waals surface area contributed by atoms with Crippen molar-refractivity contribution in [3.05, 3.63) is 41.0 Å². The Morgan fingerprint density at radius 2 is 1.96 bits per heavy atom. The molecule has 6 heteroatoms. The van der Waals surface area contributed by atoms with Crippen LogP contribution in [0.15, 0.2) is 30.3 Å². The smallest absolute Gasteiger partial charge is 0.151 e. The minimum absolute atomic E-state index is 0.337. The molecule has 130 valence electrons. The summed E-state index contributed by atoms with van der Waals surface area (Å²) in [5, 5.41) is 17.7. The molecule has 0 bridgehead atoms. The van der Waals surface area contributed by atoms with E-state index in [-0.39, 0.29) is 0 Å². The van der Waals surface area contributed by atoms with E-state index >= 15 is 0 Å². The minimum atomic E-state index is 0.337. The van der Waals surface area contributed by atoms with E-state index in [4.69, 9.17) is 16.3 Å². The van der Waals surface area contributed by atoms with Crippen LogP contribution >= 0.6 is 11.6 Å². The first-order chi connectivity index (χ1) is 12.3. The van der Waals surface area contributed by atoms with Crippen LogP contribution in [0.1, 0.15) is 31.2 Å². The maximum Gasteiger partial charge on any atom is 0.151 e. The number of para-hydroxylation sites is 1. The van der Waals surface area contributed by atoms with E-state index in [1.165, 1.54) is 32.4 Å². The number of likely N-dealkylation sites (tertiary alicyclic amines) is 1. The molecule has 0 unspecified atom stereocenters. The van der Waals surface area contributed by atoms with Crippen LogP contribution in [0.2, 0.25) is 5.15 Å². The second-order valence-corrected chi connectivity index (χ2v) is 6.53. The molecule has 1 saturated heterocycles. The first kappa shape index (κ1) is 17.7. The summed E-state index contributed by atoms with van der Waals surface area (Å²) in [5.41, 5.74) is 1.92. The molecule has 1 fully saturated rings. The molecule has 2 heterocycles. The molecule has 1 aliphatic rings. The van der Waals surface area contributed by atoms with Crippen molar-refractivity contribution in [3.63, 3.8) is 0 Å². The van der Waals surface area contributed by atoms with Crippen molar-refractivity contribution in [1.82, 2.24) is 15.1 Å². The molecule has 0 N–H and O–H groups in total. The topological polar surface area (TPSA) is 62.0 Å². The largest absolute Gasteiger partial charge is 0.491 e. The quantitative estimate of drug-likeness (QED) is 0.734. The van der Waals surface area contributed by atoms with Gasteiger partial charge in [-0.3, -0.25) is 0 Å². The van der Waals surface area contributed by atoms with Gasteiger partial charge in [0.25, 0.3) is 0 Å². The monoisotopic (exact) mass is 356 g/mol. The first-order valence-corrected chi connectivity index (χ1v) is 9.03. The van der Waals surface area contributed by atoms with Gasteiger partial charge in [0.1, 0.15) is 11.8 Å². The second kappa shape index (κ2) is 8.80. The summed E-state index contributed by atoms with van der Waals surface area (Å²) in [4.78, 5) is 2.48. The van der Waals surface area contributed by atoms with E-state index in [0.717, 1.165) is 18.5 Å². The van der Waals surface area contributed by atoms with Crippen molar-refractivity contribution in [3.8, 4) is 23.1 Å². The van der Waals surface area contributed by atoms with Crippen LogP contribution in [0.4, 0.5) is 0 Å². The summed E-state index contributed by atoms with van der Waals surface area (Å²) >= 11 is 5.81. The fourth-order valence-corrected chi connectivity index (χ4v) is 3.19. The number of ether oxygens (including phenoxy) is 1. The highest BCUT2D eigenvalue weighted by atomic mass is 35.5. The number of benzene rings is 1. The maximum absolute atomic E-state index is 9.40. The molecule has 1 aliphatic heterocycles. The Bertz CT molecular complexity index is 736. The second-order valence-electron chi connectivity index (χ2n) is 6.14. The predicted molar refractivity (Wildman–Crippen MR) is 97.6 cm³/mol. The van der Waals surface area contributed by atoms with Gasteiger partial charge in [-0.05, 0) is 56.6 Å². The van der Waals surface area contributed by atoms with E-state index in [1.54, 1.807) is 18.2 Å². The molecule has 1 aromatic heterocycles. The SMILES string of the molecule is N#Cc1cccc(-c2ccc(Cl)nn2)c1OCCCN1CCCCC1. The van der Waals surface area contributed by atoms with Crippen molar-refractivity contribution in [2.45, 2.75) is 25.7 Å². The molecule has 1 aromatic carbocycles. The van der Waals surface area contributed by atoms with Crippen LogP contribution in [-0.2, 0) is 0 Å². The molecule has 0 amide bonds. The lowest BCUT2D eigenvalue weighted by molar-refractivity contribution is 0.205. The molecule has 0 radical (unpaired) electrons. The normalized spacial score (nSPS) is 14.9. The van der Waals surface area contributed by atoms with Crippen molar-refractivity contribution in [2.24, 2.45) is 0 Å². The van der Waals surface area contributed by atoms with Gasteiger partial charge in [-0.15, -0.1) is 10.2 Å². The standard InChI is InChI=1S/C19H21ClN4O/c20-18-9-8-17(22-23-18)16-7-4-6-15(14-21)19(16)25-13-5-12-24-10-2-1-3-11-24/h4,6-9H,1-3,5,10-13H2. The van der Waals surface area contributed by atoms with Gasteiger partial charge in [0.2, 0.25) is 0 Å². The predicted octanol–water partition coefficient (Wildman–Crippen LogP) is 3.92. The molecule has 25 heavy (non-hydrogen) atoms. The summed E-state index contributed by atoms with van der Waals surface area (Å²) in [5.74, 6) is 0.570. The number of nitriles is 1. The average Bonchev–Trinajstić information content (AvgIpc) is 2.66. The van der Waals surface area contributed by atoms with Gasteiger partial charge in [-0.1, -0.05) is 24.1 Å². The summed E-state index contributed by atoms with van der Waals surface area (Å²) in [6.07, 6.45) is 4.86. The summed E-state index contributed by atoms with van der Waals surface area (Å²) in [6.45, 7) is 3.97. The Kier molecular flexibility index (Phi) is 6.21. The molecule has 0 spiro atoms. The van der Waals surface area contributed by atoms with Crippen LogP contribution in [-0.4, -0.2) is 41.3 Å². The van der Waals surface area contributed by atoms with Gasteiger partial charge < -0.3 is 9.64 Å². The third-order valence-electron chi connectivity index (χ3n) is 4.36. The van der Waals surface area contributed by atoms with E-state index < -0.39 is 0 Å². The van der Waals surface area contributed by atoms with Gasteiger partial charge in [-0.2, -0.15) is 5.26 Å². The molecule has 5 nitrogen and oxygen atoms in total. The Hall–Kier alpha value is -2.16. The number of hydrogen-bond donors (Lipinski definition) is 0. The van der Waals surface area contributed by atoms with Gasteiger partial charge in [0, 0.05) is 12.1 Å². The average molecular weight is 357 g/mol. The lowest BCUT2D eigenvalue weighted by Gasteiger charge is -2.26. The summed E-state index contributed by atoms with van der Waals surface area (Å²) in [6, 6.07) is 11.1. The van der Waals surface area contributed by atoms with E-state index in [2.05, 4.69) is 21.2 Å². The van der Waals surface area contributed by atoms with Gasteiger partial charge in [0.05, 0.1) is 17.9 Å². The summed E-state index contributed by atoms with van der Waals surface area (Å²) in [7, 11) is 0. The van der Waals surface area contributed by atoms with E-state index in [1.807, 2.05) is 12.1 Å². The molecular weight excluding hydrogens is 336 g/mol. The fourth-order valence-electron chi connectivity index (χ4n) is 3.09. The highest BCUT2D eigenvalue weighted by Gasteiger charge is 2.14. The summed E-state index contributed by atoms with van der Waals surface area (Å²) < 4.78 is 5.98. The zero-order valence-electron chi connectivity index (χ0n) is 14.1. The maximum atomic E-state index is 9.40. The third kappa shape index (κ3) is 4.68. The van der Waals surface area contributed by atoms with E-state index in [0.29, 0.717) is 28.8 Å². The number of aromatic nitrogens is 2. The third-order valence-corrected chi connectivity index (χ3v) is 4.56. The van der Waals surface area contributed by atoms with Crippen molar-refractivity contribution >= 4 is 11.6 Å². The van der Waals surface area contributed by atoms with Crippen molar-refractivity contribution < 1.29 is 4.74 Å². The van der Waals surface area contributed by atoms with Crippen LogP contribution in [0.25, 0.3) is 11.3 Å². The van der Waals surface area contributed by atoms with E-state index in [9.17, 15) is 5.26 Å². The first-order valence-electron chi connectivity index (χ1n) is 8.66. The van der Waals surface area contributed by atoms with Crippen LogP contribution < -0.4 is 4.74 Å². The van der Waals surface area contributed by atoms with Crippen LogP contribution in [0.5, 0.6) is 5.75 Å². The van der Waals surface area contributed by atoms with Crippen LogP contribution in [0.3, 0.4) is 0 Å². The number of hydrogen-bond acceptors (Lipinski definition) is 5. The van der Waals surface area contributed by atoms with Crippen LogP contribution in [0, 0.1) is 11.3 Å². The number of nitrogens with zero attached hydrogens (tertiary/aromatic N) is 4. The highest BCUT2D eigenvalue weighted by Crippen LogP contribution is 2.32. The molecule has 2 aromatic rings. The molecule has 0 atom stereocenters. The lowest BCUT2D eigenvalue weighted by Crippen LogP contribution is -2.31. The Morgan fingerprint density at radius 3 is 2.68 bits per heavy atom. The van der Waals surface area contributed by atoms with Crippen molar-refractivity contribution in [1.29, 1.82) is 5.26 Å². The van der Waals surface area contributed by atoms with Gasteiger partial charge in [-0.25, -0.2) is 0 Å². The Morgan fingerprint density at radius 1 is 1.12 bits per heavy atom. The highest BCUT2D eigenvalue weighted by molar-refractivity contribution is 6.29. The Balaban J connectivity index is 1.68. The number of piperidine rings is 1. The van der Waals surface area contributed by atoms with Crippen molar-refractivity contribution in [2.75, 3.05) is 26.2 Å². The number of halogens is 1. The zero-order valence-corrected chi connectivity index (χ0v) is 14.9. The number of rotatable bonds is 6. The fraction of sp³-hybridized carbons (Fsp3) is 0.421. The lowest BCUT2D eigenvalue weighted by atomic mass is 10.1. The Labute approximate surface area is 153 Å². The zero-order chi connectivity index (χ0) is 17.5.